The quantitative estimate of drug-likeness (QED) is 0.444. The van der Waals surface area contributed by atoms with Gasteiger partial charge in [0.15, 0.2) is 6.10 Å². The van der Waals surface area contributed by atoms with Crippen LogP contribution in [0.1, 0.15) is 70.7 Å². The second-order valence-corrected chi connectivity index (χ2v) is 12.8. The average molecular weight is 524 g/mol. The fraction of sp³-hybridized carbons (Fsp3) is 0.645. The highest BCUT2D eigenvalue weighted by Gasteiger charge is 2.62. The first-order valence-electron chi connectivity index (χ1n) is 14.0. The van der Waals surface area contributed by atoms with Crippen LogP contribution in [-0.2, 0) is 14.3 Å². The molecule has 206 valence electrons. The van der Waals surface area contributed by atoms with Gasteiger partial charge in [-0.2, -0.15) is 0 Å². The Bertz CT molecular complexity index is 1150. The molecule has 4 aliphatic rings. The largest absolute Gasteiger partial charge is 0.460 e. The molecule has 0 bridgehead atoms. The highest BCUT2D eigenvalue weighted by atomic mass is 16.6. The molecule has 1 aliphatic heterocycles. The number of pyridine rings is 1. The molecule has 10 unspecified atom stereocenters. The van der Waals surface area contributed by atoms with Crippen molar-refractivity contribution in [1.29, 1.82) is 0 Å². The molecule has 5 rings (SSSR count). The summed E-state index contributed by atoms with van der Waals surface area (Å²) in [5.41, 5.74) is 0.416. The number of carbonyl (C=O) groups is 2. The van der Waals surface area contributed by atoms with Gasteiger partial charge in [0.2, 0.25) is 0 Å². The second kappa shape index (κ2) is 9.60. The molecule has 0 spiro atoms. The maximum Gasteiger partial charge on any atom is 0.339 e. The highest BCUT2D eigenvalue weighted by Crippen LogP contribution is 2.63. The molecule has 0 aromatic carbocycles. The smallest absolute Gasteiger partial charge is 0.339 e. The molecule has 7 nitrogen and oxygen atoms in total. The third kappa shape index (κ3) is 4.13. The van der Waals surface area contributed by atoms with Crippen LogP contribution in [0.4, 0.5) is 0 Å². The van der Waals surface area contributed by atoms with Crippen LogP contribution in [-0.4, -0.2) is 51.0 Å². The molecule has 1 saturated heterocycles. The summed E-state index contributed by atoms with van der Waals surface area (Å²) in [6.07, 6.45) is 5.79. The van der Waals surface area contributed by atoms with E-state index in [4.69, 9.17) is 9.47 Å². The van der Waals surface area contributed by atoms with Crippen molar-refractivity contribution in [3.05, 3.63) is 53.9 Å². The van der Waals surface area contributed by atoms with Gasteiger partial charge in [-0.25, -0.2) is 9.59 Å². The van der Waals surface area contributed by atoms with Gasteiger partial charge in [-0.1, -0.05) is 39.0 Å². The van der Waals surface area contributed by atoms with Gasteiger partial charge < -0.3 is 19.7 Å². The van der Waals surface area contributed by atoms with Crippen molar-refractivity contribution < 1.29 is 29.3 Å². The fourth-order valence-electron chi connectivity index (χ4n) is 8.41. The minimum atomic E-state index is -1.75. The van der Waals surface area contributed by atoms with Gasteiger partial charge in [0.05, 0.1) is 5.56 Å². The van der Waals surface area contributed by atoms with E-state index in [2.05, 4.69) is 45.3 Å². The Hall–Kier alpha value is -2.51. The van der Waals surface area contributed by atoms with E-state index in [0.717, 1.165) is 19.3 Å². The Morgan fingerprint density at radius 1 is 1.26 bits per heavy atom. The number of hydrogen-bond donors (Lipinski definition) is 2. The minimum absolute atomic E-state index is 0.0655. The number of nitrogens with zero attached hydrogens (tertiary/aromatic N) is 1. The van der Waals surface area contributed by atoms with Gasteiger partial charge in [-0.15, -0.1) is 0 Å². The number of fused-ring (bicyclic) bond motifs is 3. The van der Waals surface area contributed by atoms with Crippen molar-refractivity contribution in [1.82, 2.24) is 4.98 Å². The lowest BCUT2D eigenvalue weighted by Gasteiger charge is -2.54. The number of aliphatic hydroxyl groups excluding tert-OH is 1. The van der Waals surface area contributed by atoms with Gasteiger partial charge in [-0.3, -0.25) is 4.98 Å². The summed E-state index contributed by atoms with van der Waals surface area (Å²) >= 11 is 0. The Kier molecular flexibility index (Phi) is 6.84. The van der Waals surface area contributed by atoms with Crippen molar-refractivity contribution in [2.75, 3.05) is 0 Å². The zero-order valence-corrected chi connectivity index (χ0v) is 23.1. The number of ether oxygens (including phenoxy) is 2. The molecule has 7 heteroatoms. The van der Waals surface area contributed by atoms with Gasteiger partial charge in [0, 0.05) is 24.2 Å². The maximum absolute atomic E-state index is 13.0. The van der Waals surface area contributed by atoms with E-state index in [-0.39, 0.29) is 47.1 Å². The summed E-state index contributed by atoms with van der Waals surface area (Å²) in [5, 5.41) is 23.0. The van der Waals surface area contributed by atoms with Gasteiger partial charge >= 0.3 is 11.9 Å². The molecule has 0 amide bonds. The number of cyclic esters (lactones) is 1. The number of carbonyl (C=O) groups excluding carboxylic acids is 2. The zero-order chi connectivity index (χ0) is 27.6. The van der Waals surface area contributed by atoms with E-state index in [1.165, 1.54) is 11.8 Å². The Labute approximate surface area is 225 Å². The van der Waals surface area contributed by atoms with Crippen molar-refractivity contribution in [3.63, 3.8) is 0 Å². The van der Waals surface area contributed by atoms with E-state index in [0.29, 0.717) is 17.6 Å². The van der Waals surface area contributed by atoms with Crippen molar-refractivity contribution in [2.24, 2.45) is 40.9 Å². The molecule has 38 heavy (non-hydrogen) atoms. The first-order chi connectivity index (χ1) is 17.9. The van der Waals surface area contributed by atoms with Crippen molar-refractivity contribution in [3.8, 4) is 0 Å². The SMILES string of the molecule is C=C1C2CC3C(C(C)C)C(OC(=O)c4cccnc4)CC3(C)CC2C(C)=CCC2C(C)OC(=O)C(O)C12O. The Morgan fingerprint density at radius 2 is 2.00 bits per heavy atom. The minimum Gasteiger partial charge on any atom is -0.460 e. The van der Waals surface area contributed by atoms with E-state index < -0.39 is 29.7 Å². The summed E-state index contributed by atoms with van der Waals surface area (Å²) in [6, 6.07) is 3.46. The predicted octanol–water partition coefficient (Wildman–Crippen LogP) is 4.49. The van der Waals surface area contributed by atoms with Crippen LogP contribution < -0.4 is 0 Å². The maximum atomic E-state index is 13.0. The van der Waals surface area contributed by atoms with Crippen LogP contribution in [0, 0.1) is 40.9 Å². The lowest BCUT2D eigenvalue weighted by atomic mass is 9.53. The molecular formula is C31H41NO6. The van der Waals surface area contributed by atoms with Crippen LogP contribution in [0.3, 0.4) is 0 Å². The van der Waals surface area contributed by atoms with E-state index in [1.807, 2.05) is 0 Å². The second-order valence-electron chi connectivity index (χ2n) is 12.8. The van der Waals surface area contributed by atoms with Crippen molar-refractivity contribution >= 4 is 11.9 Å². The number of rotatable bonds is 3. The molecule has 3 aliphatic carbocycles. The number of allylic oxidation sites excluding steroid dienone is 2. The van der Waals surface area contributed by atoms with Crippen LogP contribution in [0.2, 0.25) is 0 Å². The third-order valence-electron chi connectivity index (χ3n) is 10.4. The van der Waals surface area contributed by atoms with Crippen LogP contribution in [0.5, 0.6) is 0 Å². The number of aliphatic hydroxyl groups is 2. The van der Waals surface area contributed by atoms with Crippen LogP contribution in [0.25, 0.3) is 0 Å². The number of esters is 2. The van der Waals surface area contributed by atoms with Crippen LogP contribution in [0.15, 0.2) is 48.3 Å². The molecule has 2 saturated carbocycles. The fourth-order valence-corrected chi connectivity index (χ4v) is 8.41. The molecular weight excluding hydrogens is 482 g/mol. The van der Waals surface area contributed by atoms with Gasteiger partial charge in [0.25, 0.3) is 0 Å². The van der Waals surface area contributed by atoms with Crippen LogP contribution >= 0.6 is 0 Å². The number of hydrogen-bond acceptors (Lipinski definition) is 7. The average Bonchev–Trinajstić information content (AvgIpc) is 3.16. The lowest BCUT2D eigenvalue weighted by molar-refractivity contribution is -0.209. The molecule has 3 fully saturated rings. The highest BCUT2D eigenvalue weighted by molar-refractivity contribution is 5.89. The molecule has 0 radical (unpaired) electrons. The zero-order valence-electron chi connectivity index (χ0n) is 23.1. The summed E-state index contributed by atoms with van der Waals surface area (Å²) in [6.45, 7) is 15.0. The third-order valence-corrected chi connectivity index (χ3v) is 10.4. The summed E-state index contributed by atoms with van der Waals surface area (Å²) < 4.78 is 11.6. The first kappa shape index (κ1) is 27.1. The molecule has 2 heterocycles. The summed E-state index contributed by atoms with van der Waals surface area (Å²) in [7, 11) is 0. The monoisotopic (exact) mass is 523 g/mol. The predicted molar refractivity (Wildman–Crippen MR) is 142 cm³/mol. The van der Waals surface area contributed by atoms with Gasteiger partial charge in [-0.05, 0) is 86.3 Å². The standard InChI is InChI=1S/C31H41NO6/c1-16(2)26-24-12-21-18(4)31(36)23(19(5)37-29(35)27(31)33)10-9-17(3)22(21)13-30(24,6)14-25(26)38-28(34)20-8-7-11-32-15-20/h7-9,11,15-16,19,21-27,33,36H,4,10,12-14H2,1-3,5-6H3. The summed E-state index contributed by atoms with van der Waals surface area (Å²) in [5.74, 6) is -0.967. The topological polar surface area (TPSA) is 106 Å². The first-order valence-corrected chi connectivity index (χ1v) is 14.0. The Morgan fingerprint density at radius 3 is 2.66 bits per heavy atom. The van der Waals surface area contributed by atoms with Crippen molar-refractivity contribution in [2.45, 2.75) is 84.2 Å². The Balaban J connectivity index is 1.49. The van der Waals surface area contributed by atoms with E-state index in [1.54, 1.807) is 25.3 Å². The molecule has 1 aromatic rings. The normalized spacial score (nSPS) is 42.7. The van der Waals surface area contributed by atoms with Gasteiger partial charge in [0.1, 0.15) is 17.8 Å². The molecule has 2 N–H and O–H groups in total. The molecule has 1 aromatic heterocycles. The van der Waals surface area contributed by atoms with E-state index >= 15 is 0 Å². The number of aromatic nitrogens is 1. The lowest BCUT2D eigenvalue weighted by Crippen LogP contribution is -2.63. The van der Waals surface area contributed by atoms with E-state index in [9.17, 15) is 19.8 Å². The molecule has 10 atom stereocenters. The summed E-state index contributed by atoms with van der Waals surface area (Å²) in [4.78, 5) is 29.6.